The first-order chi connectivity index (χ1) is 8.95. The van der Waals surface area contributed by atoms with Crippen LogP contribution in [0.5, 0.6) is 0 Å². The summed E-state index contributed by atoms with van der Waals surface area (Å²) in [5, 5.41) is 0. The van der Waals surface area contributed by atoms with Crippen LogP contribution in [0.4, 0.5) is 0 Å². The highest BCUT2D eigenvalue weighted by Gasteiger charge is 2.32. The summed E-state index contributed by atoms with van der Waals surface area (Å²) in [6.07, 6.45) is 0.679. The normalized spacial score (nSPS) is 20.6. The maximum absolute atomic E-state index is 12.5. The zero-order valence-electron chi connectivity index (χ0n) is 10.6. The van der Waals surface area contributed by atoms with Crippen molar-refractivity contribution in [1.82, 2.24) is 4.31 Å². The van der Waals surface area contributed by atoms with E-state index in [1.807, 2.05) is 0 Å². The van der Waals surface area contributed by atoms with Gasteiger partial charge in [0.15, 0.2) is 0 Å². The second-order valence-electron chi connectivity index (χ2n) is 4.40. The maximum Gasteiger partial charge on any atom is 0.243 e. The smallest absolute Gasteiger partial charge is 0.243 e. The number of methoxy groups -OCH3 is 1. The van der Waals surface area contributed by atoms with Gasteiger partial charge in [0.05, 0.1) is 11.0 Å². The van der Waals surface area contributed by atoms with Crippen LogP contribution in [0.25, 0.3) is 0 Å². The molecule has 1 aromatic carbocycles. The summed E-state index contributed by atoms with van der Waals surface area (Å²) in [4.78, 5) is 0.405. The molecule has 104 valence electrons. The first-order valence-electron chi connectivity index (χ1n) is 5.88. The lowest BCUT2D eigenvalue weighted by atomic mass is 10.2. The fourth-order valence-corrected chi connectivity index (χ4v) is 3.73. The van der Waals surface area contributed by atoms with Crippen molar-refractivity contribution in [3.63, 3.8) is 0 Å². The molecule has 1 atom stereocenters. The monoisotopic (exact) mass is 300 g/mol. The average Bonchev–Trinajstić information content (AvgIpc) is 2.88. The zero-order valence-corrected chi connectivity index (χ0v) is 12.2. The number of hydrogen-bond donors (Lipinski definition) is 1. The Morgan fingerprint density at radius 2 is 2.26 bits per heavy atom. The van der Waals surface area contributed by atoms with Gasteiger partial charge < -0.3 is 10.5 Å². The van der Waals surface area contributed by atoms with Crippen LogP contribution in [0.3, 0.4) is 0 Å². The van der Waals surface area contributed by atoms with Crippen molar-refractivity contribution in [2.24, 2.45) is 5.73 Å². The lowest BCUT2D eigenvalue weighted by molar-refractivity contribution is 0.115. The molecule has 0 aliphatic carbocycles. The molecule has 2 N–H and O–H groups in total. The minimum atomic E-state index is -3.50. The van der Waals surface area contributed by atoms with Gasteiger partial charge in [0, 0.05) is 25.8 Å². The Labute approximate surface area is 118 Å². The van der Waals surface area contributed by atoms with Crippen LogP contribution in [-0.2, 0) is 14.8 Å². The molecule has 1 unspecified atom stereocenters. The number of thiocarbonyl (C=S) groups is 1. The summed E-state index contributed by atoms with van der Waals surface area (Å²) in [5.41, 5.74) is 6.08. The van der Waals surface area contributed by atoms with Gasteiger partial charge in [0.25, 0.3) is 0 Å². The van der Waals surface area contributed by atoms with Crippen LogP contribution in [0.15, 0.2) is 29.2 Å². The van der Waals surface area contributed by atoms with Gasteiger partial charge in [-0.05, 0) is 18.6 Å². The topological polar surface area (TPSA) is 72.6 Å². The highest BCUT2D eigenvalue weighted by Crippen LogP contribution is 2.22. The Hall–Kier alpha value is -1.02. The predicted octanol–water partition coefficient (Wildman–Crippen LogP) is 0.730. The molecule has 7 heteroatoms. The molecule has 0 radical (unpaired) electrons. The number of nitrogens with two attached hydrogens (primary N) is 1. The predicted molar refractivity (Wildman–Crippen MR) is 76.5 cm³/mol. The number of hydrogen-bond acceptors (Lipinski definition) is 4. The number of rotatable bonds is 4. The second kappa shape index (κ2) is 5.54. The van der Waals surface area contributed by atoms with E-state index in [2.05, 4.69) is 0 Å². The van der Waals surface area contributed by atoms with Crippen molar-refractivity contribution >= 4 is 27.2 Å². The van der Waals surface area contributed by atoms with Gasteiger partial charge in [-0.1, -0.05) is 24.4 Å². The third-order valence-corrected chi connectivity index (χ3v) is 5.29. The van der Waals surface area contributed by atoms with E-state index in [9.17, 15) is 8.42 Å². The Kier molecular flexibility index (Phi) is 4.19. The largest absolute Gasteiger partial charge is 0.389 e. The van der Waals surface area contributed by atoms with Crippen molar-refractivity contribution in [3.8, 4) is 0 Å². The number of nitrogens with zero attached hydrogens (tertiary/aromatic N) is 1. The van der Waals surface area contributed by atoms with Crippen molar-refractivity contribution in [2.45, 2.75) is 17.4 Å². The minimum Gasteiger partial charge on any atom is -0.389 e. The molecule has 19 heavy (non-hydrogen) atoms. The summed E-state index contributed by atoms with van der Waals surface area (Å²) in [6, 6.07) is 6.41. The van der Waals surface area contributed by atoms with Crippen LogP contribution in [0.1, 0.15) is 12.0 Å². The van der Waals surface area contributed by atoms with E-state index in [1.54, 1.807) is 25.3 Å². The molecule has 1 aliphatic heterocycles. The van der Waals surface area contributed by atoms with Gasteiger partial charge in [0.1, 0.15) is 4.99 Å². The van der Waals surface area contributed by atoms with E-state index in [-0.39, 0.29) is 16.0 Å². The molecule has 0 amide bonds. The number of sulfonamides is 1. The molecule has 5 nitrogen and oxygen atoms in total. The van der Waals surface area contributed by atoms with Crippen molar-refractivity contribution in [2.75, 3.05) is 20.2 Å². The molecule has 1 heterocycles. The quantitative estimate of drug-likeness (QED) is 0.830. The molecule has 0 aromatic heterocycles. The number of ether oxygens (including phenoxy) is 1. The maximum atomic E-state index is 12.5. The summed E-state index contributed by atoms with van der Waals surface area (Å²) >= 11 is 4.87. The van der Waals surface area contributed by atoms with Gasteiger partial charge >= 0.3 is 0 Å². The average molecular weight is 300 g/mol. The molecule has 1 saturated heterocycles. The highest BCUT2D eigenvalue weighted by molar-refractivity contribution is 7.89. The summed E-state index contributed by atoms with van der Waals surface area (Å²) in [5.74, 6) is 0. The molecule has 0 bridgehead atoms. The van der Waals surface area contributed by atoms with Crippen molar-refractivity contribution in [1.29, 1.82) is 0 Å². The molecule has 0 saturated carbocycles. The summed E-state index contributed by atoms with van der Waals surface area (Å²) in [6.45, 7) is 0.855. The van der Waals surface area contributed by atoms with Crippen LogP contribution < -0.4 is 5.73 Å². The van der Waals surface area contributed by atoms with Gasteiger partial charge in [-0.2, -0.15) is 4.31 Å². The zero-order chi connectivity index (χ0) is 14.0. The molecule has 1 aliphatic rings. The first kappa shape index (κ1) is 14.4. The second-order valence-corrected chi connectivity index (χ2v) is 6.78. The van der Waals surface area contributed by atoms with Gasteiger partial charge in [-0.15, -0.1) is 0 Å². The van der Waals surface area contributed by atoms with Crippen molar-refractivity contribution in [3.05, 3.63) is 29.8 Å². The van der Waals surface area contributed by atoms with E-state index in [4.69, 9.17) is 22.7 Å². The third-order valence-electron chi connectivity index (χ3n) is 3.20. The Bertz CT molecular complexity index is 586. The molecular formula is C12H16N2O3S2. The van der Waals surface area contributed by atoms with E-state index in [0.717, 1.165) is 0 Å². The Balaban J connectivity index is 2.30. The third kappa shape index (κ3) is 2.94. The fourth-order valence-electron chi connectivity index (χ4n) is 2.07. The minimum absolute atomic E-state index is 0.0338. The van der Waals surface area contributed by atoms with Gasteiger partial charge in [-0.25, -0.2) is 8.42 Å². The van der Waals surface area contributed by atoms with E-state index in [0.29, 0.717) is 25.1 Å². The van der Waals surface area contributed by atoms with Crippen LogP contribution in [-0.4, -0.2) is 44.0 Å². The SMILES string of the molecule is COC1CCN(S(=O)(=O)c2cccc(C(N)=S)c2)C1. The van der Waals surface area contributed by atoms with E-state index < -0.39 is 10.0 Å². The van der Waals surface area contributed by atoms with Crippen LogP contribution >= 0.6 is 12.2 Å². The van der Waals surface area contributed by atoms with Crippen molar-refractivity contribution < 1.29 is 13.2 Å². The first-order valence-corrected chi connectivity index (χ1v) is 7.73. The van der Waals surface area contributed by atoms with Gasteiger partial charge in [-0.3, -0.25) is 0 Å². The molecular weight excluding hydrogens is 284 g/mol. The molecule has 1 aromatic rings. The van der Waals surface area contributed by atoms with E-state index in [1.165, 1.54) is 10.4 Å². The molecule has 2 rings (SSSR count). The standard InChI is InChI=1S/C12H16N2O3S2/c1-17-10-5-6-14(8-10)19(15,16)11-4-2-3-9(7-11)12(13)18/h2-4,7,10H,5-6,8H2,1H3,(H2,13,18). The van der Waals surface area contributed by atoms with E-state index >= 15 is 0 Å². The lowest BCUT2D eigenvalue weighted by Crippen LogP contribution is -2.30. The fraction of sp³-hybridized carbons (Fsp3) is 0.417. The molecule has 0 spiro atoms. The molecule has 1 fully saturated rings. The van der Waals surface area contributed by atoms with Crippen LogP contribution in [0, 0.1) is 0 Å². The van der Waals surface area contributed by atoms with Crippen LogP contribution in [0.2, 0.25) is 0 Å². The highest BCUT2D eigenvalue weighted by atomic mass is 32.2. The Morgan fingerprint density at radius 3 is 2.84 bits per heavy atom. The number of benzene rings is 1. The summed E-state index contributed by atoms with van der Waals surface area (Å²) < 4.78 is 31.5. The lowest BCUT2D eigenvalue weighted by Gasteiger charge is -2.16. The summed E-state index contributed by atoms with van der Waals surface area (Å²) in [7, 11) is -1.91. The Morgan fingerprint density at radius 1 is 1.53 bits per heavy atom. The van der Waals surface area contributed by atoms with Gasteiger partial charge in [0.2, 0.25) is 10.0 Å².